The van der Waals surface area contributed by atoms with E-state index in [1.807, 2.05) is 18.2 Å². The molecule has 0 aliphatic heterocycles. The average Bonchev–Trinajstić information content (AvgIpc) is 2.92. The van der Waals surface area contributed by atoms with Gasteiger partial charge >= 0.3 is 0 Å². The number of hydrogen-bond acceptors (Lipinski definition) is 3. The Kier molecular flexibility index (Phi) is 3.86. The van der Waals surface area contributed by atoms with E-state index in [0.29, 0.717) is 16.4 Å². The van der Waals surface area contributed by atoms with E-state index in [-0.39, 0.29) is 23.2 Å². The lowest BCUT2D eigenvalue weighted by atomic mass is 10.2. The summed E-state index contributed by atoms with van der Waals surface area (Å²) in [5.41, 5.74) is 0.668. The van der Waals surface area contributed by atoms with Crippen LogP contribution in [0.4, 0.5) is 0 Å². The first-order valence-electron chi connectivity index (χ1n) is 6.24. The van der Waals surface area contributed by atoms with Gasteiger partial charge in [0.2, 0.25) is 5.78 Å². The molecule has 1 aromatic heterocycles. The average molecular weight is 321 g/mol. The Bertz CT molecular complexity index is 775. The fourth-order valence-corrected chi connectivity index (χ4v) is 2.28. The zero-order valence-corrected chi connectivity index (χ0v) is 12.3. The van der Waals surface area contributed by atoms with Crippen molar-refractivity contribution in [2.24, 2.45) is 0 Å². The number of halogens is 2. The van der Waals surface area contributed by atoms with E-state index in [0.717, 1.165) is 5.39 Å². The lowest BCUT2D eigenvalue weighted by molar-refractivity contribution is 0.0896. The van der Waals surface area contributed by atoms with Crippen molar-refractivity contribution in [1.29, 1.82) is 0 Å². The number of Topliss-reactive ketones (excluding diaryl/α,β-unsaturated/α-hetero) is 1. The van der Waals surface area contributed by atoms with Crippen LogP contribution in [0.15, 0.2) is 52.9 Å². The van der Waals surface area contributed by atoms with Crippen LogP contribution in [0.2, 0.25) is 10.0 Å². The highest BCUT2D eigenvalue weighted by Crippen LogP contribution is 2.31. The monoisotopic (exact) mass is 320 g/mol. The van der Waals surface area contributed by atoms with E-state index >= 15 is 0 Å². The fraction of sp³-hybridized carbons (Fsp3) is 0.0625. The molecule has 5 heteroatoms. The van der Waals surface area contributed by atoms with E-state index in [4.69, 9.17) is 32.4 Å². The molecule has 0 amide bonds. The minimum Gasteiger partial charge on any atom is -0.484 e. The van der Waals surface area contributed by atoms with Crippen molar-refractivity contribution in [1.82, 2.24) is 0 Å². The lowest BCUT2D eigenvalue weighted by Crippen LogP contribution is -2.10. The van der Waals surface area contributed by atoms with E-state index in [1.165, 1.54) is 0 Å². The maximum atomic E-state index is 12.1. The van der Waals surface area contributed by atoms with Gasteiger partial charge in [0, 0.05) is 5.39 Å². The van der Waals surface area contributed by atoms with Crippen LogP contribution < -0.4 is 4.74 Å². The quantitative estimate of drug-likeness (QED) is 0.635. The van der Waals surface area contributed by atoms with Crippen molar-refractivity contribution in [3.05, 3.63) is 64.3 Å². The van der Waals surface area contributed by atoms with Gasteiger partial charge < -0.3 is 9.15 Å². The van der Waals surface area contributed by atoms with Crippen molar-refractivity contribution in [3.63, 3.8) is 0 Å². The van der Waals surface area contributed by atoms with Crippen molar-refractivity contribution in [3.8, 4) is 5.75 Å². The van der Waals surface area contributed by atoms with Crippen molar-refractivity contribution in [2.45, 2.75) is 0 Å². The van der Waals surface area contributed by atoms with Gasteiger partial charge in [0.15, 0.2) is 12.4 Å². The van der Waals surface area contributed by atoms with Crippen LogP contribution in [-0.2, 0) is 0 Å². The molecule has 0 saturated heterocycles. The van der Waals surface area contributed by atoms with Crippen LogP contribution >= 0.6 is 23.2 Å². The van der Waals surface area contributed by atoms with Gasteiger partial charge in [0.1, 0.15) is 16.4 Å². The highest BCUT2D eigenvalue weighted by atomic mass is 35.5. The maximum absolute atomic E-state index is 12.1. The topological polar surface area (TPSA) is 39.4 Å². The lowest BCUT2D eigenvalue weighted by Gasteiger charge is -2.07. The molecule has 106 valence electrons. The SMILES string of the molecule is O=C(COc1cccc(Cl)c1Cl)c1cc2ccccc2o1. The molecule has 2 aromatic carbocycles. The number of carbonyl (C=O) groups is 1. The number of furan rings is 1. The minimum absolute atomic E-state index is 0.167. The number of carbonyl (C=O) groups excluding carboxylic acids is 1. The molecule has 0 bridgehead atoms. The normalized spacial score (nSPS) is 10.8. The van der Waals surface area contributed by atoms with E-state index in [2.05, 4.69) is 0 Å². The van der Waals surface area contributed by atoms with Crippen LogP contribution in [0, 0.1) is 0 Å². The maximum Gasteiger partial charge on any atom is 0.235 e. The van der Waals surface area contributed by atoms with E-state index < -0.39 is 0 Å². The van der Waals surface area contributed by atoms with E-state index in [1.54, 1.807) is 30.3 Å². The van der Waals surface area contributed by atoms with Crippen LogP contribution in [0.5, 0.6) is 5.75 Å². The largest absolute Gasteiger partial charge is 0.484 e. The Morgan fingerprint density at radius 1 is 1.10 bits per heavy atom. The van der Waals surface area contributed by atoms with Crippen molar-refractivity contribution in [2.75, 3.05) is 6.61 Å². The van der Waals surface area contributed by atoms with Gasteiger partial charge in [-0.2, -0.15) is 0 Å². The zero-order valence-electron chi connectivity index (χ0n) is 10.8. The second-order valence-corrected chi connectivity index (χ2v) is 5.20. The van der Waals surface area contributed by atoms with Crippen molar-refractivity contribution < 1.29 is 13.9 Å². The molecule has 21 heavy (non-hydrogen) atoms. The molecule has 0 aliphatic rings. The summed E-state index contributed by atoms with van der Waals surface area (Å²) in [5.74, 6) is 0.366. The first-order valence-corrected chi connectivity index (χ1v) is 6.99. The Labute approximate surface area is 131 Å². The van der Waals surface area contributed by atoms with E-state index in [9.17, 15) is 4.79 Å². The third-order valence-corrected chi connectivity index (χ3v) is 3.78. The Morgan fingerprint density at radius 3 is 2.71 bits per heavy atom. The van der Waals surface area contributed by atoms with Gasteiger partial charge in [-0.3, -0.25) is 4.79 Å². The molecule has 0 atom stereocenters. The third-order valence-electron chi connectivity index (χ3n) is 2.98. The van der Waals surface area contributed by atoms with Gasteiger partial charge in [-0.1, -0.05) is 47.5 Å². The minimum atomic E-state index is -0.262. The second kappa shape index (κ2) is 5.80. The molecule has 0 aliphatic carbocycles. The van der Waals surface area contributed by atoms with Crippen LogP contribution in [-0.4, -0.2) is 12.4 Å². The first-order chi connectivity index (χ1) is 10.1. The number of benzene rings is 2. The Balaban J connectivity index is 1.76. The number of rotatable bonds is 4. The molecule has 3 rings (SSSR count). The third kappa shape index (κ3) is 2.89. The number of para-hydroxylation sites is 1. The molecule has 0 spiro atoms. The smallest absolute Gasteiger partial charge is 0.235 e. The van der Waals surface area contributed by atoms with Gasteiger partial charge in [0.25, 0.3) is 0 Å². The molecule has 0 radical (unpaired) electrons. The van der Waals surface area contributed by atoms with Crippen LogP contribution in [0.25, 0.3) is 11.0 Å². The second-order valence-electron chi connectivity index (χ2n) is 4.41. The number of ketones is 1. The molecule has 3 aromatic rings. The van der Waals surface area contributed by atoms with Gasteiger partial charge in [0.05, 0.1) is 5.02 Å². The summed E-state index contributed by atoms with van der Waals surface area (Å²) in [4.78, 5) is 12.1. The molecule has 1 heterocycles. The van der Waals surface area contributed by atoms with Crippen LogP contribution in [0.3, 0.4) is 0 Å². The first kappa shape index (κ1) is 14.0. The summed E-state index contributed by atoms with van der Waals surface area (Å²) in [5, 5.41) is 1.54. The number of fused-ring (bicyclic) bond motifs is 1. The summed E-state index contributed by atoms with van der Waals surface area (Å²) in [6.07, 6.45) is 0. The number of ether oxygens (including phenoxy) is 1. The van der Waals surface area contributed by atoms with Crippen LogP contribution in [0.1, 0.15) is 10.6 Å². The summed E-state index contributed by atoms with van der Waals surface area (Å²) in [6, 6.07) is 14.1. The van der Waals surface area contributed by atoms with Gasteiger partial charge in [-0.15, -0.1) is 0 Å². The standard InChI is InChI=1S/C16H10Cl2O3/c17-11-5-3-7-14(16(11)18)20-9-12(19)15-8-10-4-1-2-6-13(10)21-15/h1-8H,9H2. The molecule has 0 fully saturated rings. The summed E-state index contributed by atoms with van der Waals surface area (Å²) < 4.78 is 10.9. The van der Waals surface area contributed by atoms with Gasteiger partial charge in [-0.25, -0.2) is 0 Å². The summed E-state index contributed by atoms with van der Waals surface area (Å²) >= 11 is 11.9. The molecule has 0 N–H and O–H groups in total. The highest BCUT2D eigenvalue weighted by Gasteiger charge is 2.14. The molecular weight excluding hydrogens is 311 g/mol. The highest BCUT2D eigenvalue weighted by molar-refractivity contribution is 6.42. The predicted octanol–water partition coefficient (Wildman–Crippen LogP) is 5.00. The predicted molar refractivity (Wildman–Crippen MR) is 82.5 cm³/mol. The number of hydrogen-bond donors (Lipinski definition) is 0. The Hall–Kier alpha value is -1.97. The molecular formula is C16H10Cl2O3. The Morgan fingerprint density at radius 2 is 1.90 bits per heavy atom. The fourth-order valence-electron chi connectivity index (χ4n) is 1.93. The molecule has 3 nitrogen and oxygen atoms in total. The molecule has 0 unspecified atom stereocenters. The van der Waals surface area contributed by atoms with Gasteiger partial charge in [-0.05, 0) is 24.3 Å². The summed E-state index contributed by atoms with van der Waals surface area (Å²) in [7, 11) is 0. The summed E-state index contributed by atoms with van der Waals surface area (Å²) in [6.45, 7) is -0.167. The zero-order chi connectivity index (χ0) is 14.8. The molecule has 0 saturated carbocycles. The van der Waals surface area contributed by atoms with Crippen molar-refractivity contribution >= 4 is 40.0 Å².